The summed E-state index contributed by atoms with van der Waals surface area (Å²) in [6.45, 7) is 1.62. The van der Waals surface area contributed by atoms with Crippen LogP contribution in [0.2, 0.25) is 5.02 Å². The number of carboxylic acid groups (broad SMARTS) is 1. The fourth-order valence-corrected chi connectivity index (χ4v) is 1.74. The summed E-state index contributed by atoms with van der Waals surface area (Å²) in [5.74, 6) is -1.28. The van der Waals surface area contributed by atoms with Crippen LogP contribution in [-0.4, -0.2) is 20.9 Å². The highest BCUT2D eigenvalue weighted by Crippen LogP contribution is 2.13. The van der Waals surface area contributed by atoms with Crippen molar-refractivity contribution in [3.05, 3.63) is 57.0 Å². The van der Waals surface area contributed by atoms with Crippen molar-refractivity contribution < 1.29 is 9.90 Å². The number of aryl methyl sites for hydroxylation is 1. The third-order valence-corrected chi connectivity index (χ3v) is 2.55. The van der Waals surface area contributed by atoms with Crippen LogP contribution in [-0.2, 0) is 0 Å². The third kappa shape index (κ3) is 2.26. The molecule has 6 heteroatoms. The maximum Gasteiger partial charge on any atom is 0.341 e. The number of halogens is 1. The summed E-state index contributed by atoms with van der Waals surface area (Å²) in [5.41, 5.74) is -0.136. The second-order valence-corrected chi connectivity index (χ2v) is 4.14. The second kappa shape index (κ2) is 4.62. The van der Waals surface area contributed by atoms with Crippen molar-refractivity contribution in [1.82, 2.24) is 9.78 Å². The van der Waals surface area contributed by atoms with Gasteiger partial charge < -0.3 is 5.11 Å². The monoisotopic (exact) mass is 264 g/mol. The molecule has 0 saturated heterocycles. The zero-order valence-corrected chi connectivity index (χ0v) is 10.2. The molecule has 1 aromatic heterocycles. The van der Waals surface area contributed by atoms with Crippen molar-refractivity contribution in [1.29, 1.82) is 0 Å². The lowest BCUT2D eigenvalue weighted by Gasteiger charge is -2.07. The first-order valence-electron chi connectivity index (χ1n) is 5.09. The summed E-state index contributed by atoms with van der Waals surface area (Å²) in [5, 5.41) is 13.4. The molecular weight excluding hydrogens is 256 g/mol. The van der Waals surface area contributed by atoms with Crippen LogP contribution in [0.4, 0.5) is 0 Å². The highest BCUT2D eigenvalue weighted by atomic mass is 35.5. The maximum atomic E-state index is 12.0. The minimum Gasteiger partial charge on any atom is -0.477 e. The van der Waals surface area contributed by atoms with E-state index >= 15 is 0 Å². The van der Waals surface area contributed by atoms with Crippen molar-refractivity contribution in [2.45, 2.75) is 6.92 Å². The van der Waals surface area contributed by atoms with Crippen molar-refractivity contribution in [2.24, 2.45) is 0 Å². The molecule has 0 spiro atoms. The van der Waals surface area contributed by atoms with Crippen LogP contribution in [0.25, 0.3) is 5.69 Å². The Bertz CT molecular complexity index is 679. The lowest BCUT2D eigenvalue weighted by Crippen LogP contribution is -2.27. The Hall–Kier alpha value is -2.14. The van der Waals surface area contributed by atoms with E-state index in [0.717, 1.165) is 4.68 Å². The largest absolute Gasteiger partial charge is 0.477 e. The van der Waals surface area contributed by atoms with Gasteiger partial charge in [0.25, 0.3) is 5.56 Å². The van der Waals surface area contributed by atoms with Gasteiger partial charge in [0.15, 0.2) is 0 Å². The van der Waals surface area contributed by atoms with Gasteiger partial charge in [0.2, 0.25) is 0 Å². The number of hydrogen-bond donors (Lipinski definition) is 1. The van der Waals surface area contributed by atoms with Gasteiger partial charge in [-0.05, 0) is 31.2 Å². The molecule has 0 radical (unpaired) electrons. The number of hydrogen-bond acceptors (Lipinski definition) is 3. The third-order valence-electron chi connectivity index (χ3n) is 2.32. The number of nitrogens with zero attached hydrogens (tertiary/aromatic N) is 2. The van der Waals surface area contributed by atoms with Gasteiger partial charge in [-0.15, -0.1) is 0 Å². The fourth-order valence-electron chi connectivity index (χ4n) is 1.55. The van der Waals surface area contributed by atoms with Crippen LogP contribution >= 0.6 is 11.6 Å². The van der Waals surface area contributed by atoms with Gasteiger partial charge in [-0.25, -0.2) is 4.79 Å². The highest BCUT2D eigenvalue weighted by Gasteiger charge is 2.14. The highest BCUT2D eigenvalue weighted by molar-refractivity contribution is 6.30. The Labute approximate surface area is 107 Å². The molecule has 0 atom stereocenters. The first kappa shape index (κ1) is 12.3. The van der Waals surface area contributed by atoms with Crippen LogP contribution in [0, 0.1) is 6.92 Å². The van der Waals surface area contributed by atoms with E-state index in [9.17, 15) is 9.59 Å². The molecule has 18 heavy (non-hydrogen) atoms. The normalized spacial score (nSPS) is 10.3. The smallest absolute Gasteiger partial charge is 0.341 e. The van der Waals surface area contributed by atoms with Gasteiger partial charge in [0.1, 0.15) is 5.56 Å². The average molecular weight is 265 g/mol. The van der Waals surface area contributed by atoms with Crippen LogP contribution < -0.4 is 5.56 Å². The van der Waals surface area contributed by atoms with Crippen LogP contribution in [0.15, 0.2) is 35.1 Å². The SMILES string of the molecule is Cc1cc(C(=O)O)c(=O)n(-c2cccc(Cl)c2)n1. The molecule has 92 valence electrons. The van der Waals surface area contributed by atoms with Gasteiger partial charge in [-0.2, -0.15) is 9.78 Å². The Morgan fingerprint density at radius 2 is 2.11 bits per heavy atom. The molecule has 0 amide bonds. The lowest BCUT2D eigenvalue weighted by molar-refractivity contribution is 0.0694. The number of aromatic nitrogens is 2. The van der Waals surface area contributed by atoms with Crippen molar-refractivity contribution in [2.75, 3.05) is 0 Å². The van der Waals surface area contributed by atoms with Gasteiger partial charge in [0, 0.05) is 5.02 Å². The minimum atomic E-state index is -1.28. The second-order valence-electron chi connectivity index (χ2n) is 3.70. The molecule has 2 aromatic rings. The number of rotatable bonds is 2. The first-order chi connectivity index (χ1) is 8.49. The molecule has 0 aliphatic carbocycles. The Balaban J connectivity index is 2.72. The molecule has 0 saturated carbocycles. The van der Waals surface area contributed by atoms with Crippen molar-refractivity contribution in [3.63, 3.8) is 0 Å². The number of benzene rings is 1. The predicted molar refractivity (Wildman–Crippen MR) is 66.5 cm³/mol. The van der Waals surface area contributed by atoms with Gasteiger partial charge in [-0.1, -0.05) is 17.7 Å². The van der Waals surface area contributed by atoms with Crippen LogP contribution in [0.5, 0.6) is 0 Å². The molecular formula is C12H9ClN2O3. The summed E-state index contributed by atoms with van der Waals surface area (Å²) in [4.78, 5) is 22.9. The van der Waals surface area contributed by atoms with Crippen LogP contribution in [0.1, 0.15) is 16.1 Å². The van der Waals surface area contributed by atoms with E-state index in [1.54, 1.807) is 31.2 Å². The van der Waals surface area contributed by atoms with E-state index in [-0.39, 0.29) is 5.56 Å². The van der Waals surface area contributed by atoms with Gasteiger partial charge in [-0.3, -0.25) is 4.79 Å². The summed E-state index contributed by atoms with van der Waals surface area (Å²) in [6.07, 6.45) is 0. The lowest BCUT2D eigenvalue weighted by atomic mass is 10.2. The quantitative estimate of drug-likeness (QED) is 0.899. The van der Waals surface area contributed by atoms with Crippen molar-refractivity contribution in [3.8, 4) is 5.69 Å². The molecule has 0 aliphatic heterocycles. The van der Waals surface area contributed by atoms with E-state index < -0.39 is 11.5 Å². The van der Waals surface area contributed by atoms with Gasteiger partial charge >= 0.3 is 5.97 Å². The number of carbonyl (C=O) groups is 1. The Kier molecular flexibility index (Phi) is 3.16. The van der Waals surface area contributed by atoms with E-state index in [2.05, 4.69) is 5.10 Å². The molecule has 2 rings (SSSR count). The van der Waals surface area contributed by atoms with E-state index in [1.807, 2.05) is 0 Å². The molecule has 0 unspecified atom stereocenters. The topological polar surface area (TPSA) is 72.2 Å². The zero-order valence-electron chi connectivity index (χ0n) is 9.42. The van der Waals surface area contributed by atoms with Gasteiger partial charge in [0.05, 0.1) is 11.4 Å². The van der Waals surface area contributed by atoms with Crippen molar-refractivity contribution >= 4 is 17.6 Å². The average Bonchev–Trinajstić information content (AvgIpc) is 2.31. The maximum absolute atomic E-state index is 12.0. The Morgan fingerprint density at radius 1 is 1.39 bits per heavy atom. The summed E-state index contributed by atoms with van der Waals surface area (Å²) in [7, 11) is 0. The van der Waals surface area contributed by atoms with E-state index in [0.29, 0.717) is 16.4 Å². The Morgan fingerprint density at radius 3 is 2.72 bits per heavy atom. The molecule has 1 N–H and O–H groups in total. The minimum absolute atomic E-state index is 0.317. The first-order valence-corrected chi connectivity index (χ1v) is 5.47. The number of carboxylic acids is 1. The molecule has 0 aliphatic rings. The molecule has 0 fully saturated rings. The molecule has 1 aromatic carbocycles. The predicted octanol–water partition coefficient (Wildman–Crippen LogP) is 1.89. The molecule has 0 bridgehead atoms. The van der Waals surface area contributed by atoms with E-state index in [1.165, 1.54) is 6.07 Å². The summed E-state index contributed by atoms with van der Waals surface area (Å²) >= 11 is 5.83. The van der Waals surface area contributed by atoms with Crippen LogP contribution in [0.3, 0.4) is 0 Å². The molecule has 1 heterocycles. The zero-order chi connectivity index (χ0) is 13.3. The van der Waals surface area contributed by atoms with E-state index in [4.69, 9.17) is 16.7 Å². The number of aromatic carboxylic acids is 1. The summed E-state index contributed by atoms with van der Waals surface area (Å²) in [6, 6.07) is 7.73. The fraction of sp³-hybridized carbons (Fsp3) is 0.0833. The summed E-state index contributed by atoms with van der Waals surface area (Å²) < 4.78 is 1.03. The standard InChI is InChI=1S/C12H9ClN2O3/c1-7-5-10(12(17)18)11(16)15(14-7)9-4-2-3-8(13)6-9/h2-6H,1H3,(H,17,18). The molecule has 5 nitrogen and oxygen atoms in total.